The molecule has 2 rings (SSSR count). The summed E-state index contributed by atoms with van der Waals surface area (Å²) in [6, 6.07) is 7.65. The molecule has 0 radical (unpaired) electrons. The van der Waals surface area contributed by atoms with Gasteiger partial charge in [0, 0.05) is 6.42 Å². The average molecular weight is 259 g/mol. The van der Waals surface area contributed by atoms with Gasteiger partial charge >= 0.3 is 0 Å². The molecule has 3 heteroatoms. The van der Waals surface area contributed by atoms with E-state index in [2.05, 4.69) is 0 Å². The molecular formula is C16H21NO2. The first-order valence-electron chi connectivity index (χ1n) is 6.81. The van der Waals surface area contributed by atoms with Gasteiger partial charge in [0.15, 0.2) is 0 Å². The molecule has 3 nitrogen and oxygen atoms in total. The van der Waals surface area contributed by atoms with Gasteiger partial charge in [0.25, 0.3) is 0 Å². The van der Waals surface area contributed by atoms with Gasteiger partial charge in [-0.25, -0.2) is 0 Å². The number of amides is 2. The predicted octanol–water partition coefficient (Wildman–Crippen LogP) is 3.17. The Morgan fingerprint density at radius 3 is 2.37 bits per heavy atom. The smallest absolute Gasteiger partial charge is 0.237 e. The number of carbonyl (C=O) groups is 2. The highest BCUT2D eigenvalue weighted by Gasteiger charge is 2.45. The Morgan fingerprint density at radius 1 is 1.21 bits per heavy atom. The Labute approximate surface area is 114 Å². The lowest BCUT2D eigenvalue weighted by atomic mass is 9.80. The van der Waals surface area contributed by atoms with Crippen LogP contribution in [-0.2, 0) is 16.0 Å². The number of imide groups is 1. The van der Waals surface area contributed by atoms with Crippen molar-refractivity contribution < 1.29 is 9.59 Å². The summed E-state index contributed by atoms with van der Waals surface area (Å²) in [7, 11) is 0. The number of anilines is 1. The van der Waals surface area contributed by atoms with Crippen LogP contribution in [0.2, 0.25) is 0 Å². The van der Waals surface area contributed by atoms with Crippen molar-refractivity contribution in [1.82, 2.24) is 0 Å². The lowest BCUT2D eigenvalue weighted by Crippen LogP contribution is -2.34. The first-order chi connectivity index (χ1) is 8.86. The molecule has 1 unspecified atom stereocenters. The molecule has 19 heavy (non-hydrogen) atoms. The van der Waals surface area contributed by atoms with E-state index in [0.29, 0.717) is 6.42 Å². The number of hydrogen-bond acceptors (Lipinski definition) is 2. The molecule has 0 aliphatic carbocycles. The molecule has 0 N–H and O–H groups in total. The van der Waals surface area contributed by atoms with Gasteiger partial charge in [-0.05, 0) is 23.5 Å². The fourth-order valence-corrected chi connectivity index (χ4v) is 2.59. The highest BCUT2D eigenvalue weighted by atomic mass is 16.2. The van der Waals surface area contributed by atoms with Crippen molar-refractivity contribution in [3.05, 3.63) is 29.8 Å². The molecule has 1 aromatic rings. The summed E-state index contributed by atoms with van der Waals surface area (Å²) in [4.78, 5) is 26.1. The van der Waals surface area contributed by atoms with Crippen molar-refractivity contribution in [2.45, 2.75) is 40.5 Å². The van der Waals surface area contributed by atoms with E-state index in [1.54, 1.807) is 0 Å². The van der Waals surface area contributed by atoms with Gasteiger partial charge in [0.2, 0.25) is 11.8 Å². The van der Waals surface area contributed by atoms with Crippen LogP contribution >= 0.6 is 0 Å². The molecular weight excluding hydrogens is 238 g/mol. The third kappa shape index (κ3) is 2.42. The molecule has 1 fully saturated rings. The average Bonchev–Trinajstić information content (AvgIpc) is 2.64. The zero-order valence-corrected chi connectivity index (χ0v) is 12.1. The van der Waals surface area contributed by atoms with E-state index in [-0.39, 0.29) is 23.1 Å². The largest absolute Gasteiger partial charge is 0.274 e. The summed E-state index contributed by atoms with van der Waals surface area (Å²) in [5.74, 6) is -0.353. The van der Waals surface area contributed by atoms with Gasteiger partial charge in [-0.15, -0.1) is 0 Å². The second kappa shape index (κ2) is 4.80. The number of rotatable bonds is 2. The summed E-state index contributed by atoms with van der Waals surface area (Å²) in [5.41, 5.74) is 1.62. The Bertz CT molecular complexity index is 514. The Hall–Kier alpha value is -1.64. The highest BCUT2D eigenvalue weighted by Crippen LogP contribution is 2.38. The molecule has 102 valence electrons. The standard InChI is InChI=1S/C16H21NO2/c1-5-11-8-6-7-9-13(11)17-14(18)10-12(15(17)19)16(2,3)4/h6-9,12H,5,10H2,1-4H3. The van der Waals surface area contributed by atoms with Crippen molar-refractivity contribution >= 4 is 17.5 Å². The van der Waals surface area contributed by atoms with Crippen molar-refractivity contribution in [3.8, 4) is 0 Å². The molecule has 1 atom stereocenters. The molecule has 0 aromatic heterocycles. The fourth-order valence-electron chi connectivity index (χ4n) is 2.59. The van der Waals surface area contributed by atoms with E-state index in [1.165, 1.54) is 4.90 Å². The van der Waals surface area contributed by atoms with Crippen molar-refractivity contribution in [2.24, 2.45) is 11.3 Å². The van der Waals surface area contributed by atoms with Crippen LogP contribution in [0.4, 0.5) is 5.69 Å². The zero-order valence-electron chi connectivity index (χ0n) is 12.1. The number of benzene rings is 1. The first kappa shape index (κ1) is 13.8. The number of aryl methyl sites for hydroxylation is 1. The molecule has 1 aliphatic heterocycles. The molecule has 1 heterocycles. The lowest BCUT2D eigenvalue weighted by Gasteiger charge is -2.25. The molecule has 0 bridgehead atoms. The van der Waals surface area contributed by atoms with E-state index in [9.17, 15) is 9.59 Å². The molecule has 0 spiro atoms. The molecule has 2 amide bonds. The molecule has 0 saturated carbocycles. The van der Waals surface area contributed by atoms with E-state index in [0.717, 1.165) is 17.7 Å². The number of nitrogens with zero attached hydrogens (tertiary/aromatic N) is 1. The molecule has 1 aliphatic rings. The minimum atomic E-state index is -0.218. The van der Waals surface area contributed by atoms with Gasteiger partial charge in [-0.1, -0.05) is 45.9 Å². The third-order valence-electron chi connectivity index (χ3n) is 3.81. The summed E-state index contributed by atoms with van der Waals surface area (Å²) >= 11 is 0. The van der Waals surface area contributed by atoms with Crippen LogP contribution < -0.4 is 4.90 Å². The number of para-hydroxylation sites is 1. The van der Waals surface area contributed by atoms with Crippen LogP contribution in [0.3, 0.4) is 0 Å². The van der Waals surface area contributed by atoms with E-state index < -0.39 is 0 Å². The maximum atomic E-state index is 12.5. The van der Waals surface area contributed by atoms with Gasteiger partial charge in [0.1, 0.15) is 0 Å². The lowest BCUT2D eigenvalue weighted by molar-refractivity contribution is -0.123. The number of carbonyl (C=O) groups excluding carboxylic acids is 2. The van der Waals surface area contributed by atoms with E-state index in [4.69, 9.17) is 0 Å². The van der Waals surface area contributed by atoms with Gasteiger partial charge in [-0.3, -0.25) is 14.5 Å². The maximum Gasteiger partial charge on any atom is 0.237 e. The second-order valence-corrected chi connectivity index (χ2v) is 6.17. The van der Waals surface area contributed by atoms with Gasteiger partial charge < -0.3 is 0 Å². The van der Waals surface area contributed by atoms with Crippen LogP contribution in [0.25, 0.3) is 0 Å². The van der Waals surface area contributed by atoms with E-state index in [1.807, 2.05) is 52.0 Å². The minimum absolute atomic E-state index is 0.0570. The Morgan fingerprint density at radius 2 is 1.84 bits per heavy atom. The van der Waals surface area contributed by atoms with Crippen molar-refractivity contribution in [3.63, 3.8) is 0 Å². The maximum absolute atomic E-state index is 12.5. The Balaban J connectivity index is 2.41. The summed E-state index contributed by atoms with van der Waals surface area (Å²) in [5, 5.41) is 0. The molecule has 1 aromatic carbocycles. The zero-order chi connectivity index (χ0) is 14.2. The normalized spacial score (nSPS) is 20.2. The van der Waals surface area contributed by atoms with Crippen molar-refractivity contribution in [1.29, 1.82) is 0 Å². The topological polar surface area (TPSA) is 37.4 Å². The van der Waals surface area contributed by atoms with Crippen LogP contribution in [-0.4, -0.2) is 11.8 Å². The SMILES string of the molecule is CCc1ccccc1N1C(=O)CC(C(C)(C)C)C1=O. The van der Waals surface area contributed by atoms with Gasteiger partial charge in [0.05, 0.1) is 11.6 Å². The predicted molar refractivity (Wildman–Crippen MR) is 75.9 cm³/mol. The summed E-state index contributed by atoms with van der Waals surface area (Å²) in [6.07, 6.45) is 1.13. The number of hydrogen-bond donors (Lipinski definition) is 0. The second-order valence-electron chi connectivity index (χ2n) is 6.17. The van der Waals surface area contributed by atoms with Crippen molar-refractivity contribution in [2.75, 3.05) is 4.90 Å². The summed E-state index contributed by atoms with van der Waals surface area (Å²) in [6.45, 7) is 8.07. The van der Waals surface area contributed by atoms with Crippen LogP contribution in [0.5, 0.6) is 0 Å². The van der Waals surface area contributed by atoms with Crippen LogP contribution in [0.15, 0.2) is 24.3 Å². The highest BCUT2D eigenvalue weighted by molar-refractivity contribution is 6.21. The van der Waals surface area contributed by atoms with Gasteiger partial charge in [-0.2, -0.15) is 0 Å². The first-order valence-corrected chi connectivity index (χ1v) is 6.81. The summed E-state index contributed by atoms with van der Waals surface area (Å²) < 4.78 is 0. The Kier molecular flexibility index (Phi) is 3.48. The van der Waals surface area contributed by atoms with E-state index >= 15 is 0 Å². The minimum Gasteiger partial charge on any atom is -0.274 e. The van der Waals surface area contributed by atoms with Crippen LogP contribution in [0.1, 0.15) is 39.7 Å². The molecule has 1 saturated heterocycles. The quantitative estimate of drug-likeness (QED) is 0.765. The monoisotopic (exact) mass is 259 g/mol. The van der Waals surface area contributed by atoms with Crippen LogP contribution in [0, 0.1) is 11.3 Å². The third-order valence-corrected chi connectivity index (χ3v) is 3.81. The fraction of sp³-hybridized carbons (Fsp3) is 0.500.